The van der Waals surface area contributed by atoms with Crippen molar-refractivity contribution in [3.05, 3.63) is 53.4 Å². The molecule has 2 unspecified atom stereocenters. The zero-order valence-electron chi connectivity index (χ0n) is 12.3. The van der Waals surface area contributed by atoms with Crippen molar-refractivity contribution in [2.45, 2.75) is 25.5 Å². The quantitative estimate of drug-likeness (QED) is 0.889. The lowest BCUT2D eigenvalue weighted by atomic mass is 9.98. The number of benzene rings is 1. The number of aliphatic hydroxyl groups is 1. The van der Waals surface area contributed by atoms with Crippen molar-refractivity contribution >= 4 is 0 Å². The molecule has 2 N–H and O–H groups in total. The first-order valence-corrected chi connectivity index (χ1v) is 6.69. The lowest BCUT2D eigenvalue weighted by molar-refractivity contribution is 0.0541. The molecular formula is C15H19F2N3O. The van der Waals surface area contributed by atoms with Crippen LogP contribution in [0.4, 0.5) is 8.78 Å². The maximum Gasteiger partial charge on any atom is 0.128 e. The van der Waals surface area contributed by atoms with Gasteiger partial charge in [-0.15, -0.1) is 0 Å². The summed E-state index contributed by atoms with van der Waals surface area (Å²) in [6.45, 7) is 3.55. The highest BCUT2D eigenvalue weighted by atomic mass is 19.1. The second-order valence-electron chi connectivity index (χ2n) is 5.44. The summed E-state index contributed by atoms with van der Waals surface area (Å²) < 4.78 is 28.5. The minimum Gasteiger partial charge on any atom is -0.384 e. The minimum atomic E-state index is -1.15. The van der Waals surface area contributed by atoms with E-state index in [1.54, 1.807) is 38.0 Å². The number of halogens is 2. The largest absolute Gasteiger partial charge is 0.384 e. The van der Waals surface area contributed by atoms with Crippen LogP contribution in [-0.2, 0) is 12.6 Å². The van der Waals surface area contributed by atoms with Gasteiger partial charge in [-0.05, 0) is 32.0 Å². The molecule has 0 aliphatic carbocycles. The topological polar surface area (TPSA) is 50.1 Å². The molecule has 4 nitrogen and oxygen atoms in total. The Morgan fingerprint density at radius 3 is 2.76 bits per heavy atom. The zero-order chi connectivity index (χ0) is 15.6. The summed E-state index contributed by atoms with van der Waals surface area (Å²) in [5, 5.41) is 17.5. The molecule has 2 aromatic rings. The molecule has 0 fully saturated rings. The lowest BCUT2D eigenvalue weighted by Crippen LogP contribution is -2.36. The third-order valence-corrected chi connectivity index (χ3v) is 3.50. The van der Waals surface area contributed by atoms with Crippen LogP contribution in [0, 0.1) is 11.6 Å². The number of aromatic nitrogens is 2. The number of hydrogen-bond donors (Lipinski definition) is 2. The lowest BCUT2D eigenvalue weighted by Gasteiger charge is -2.25. The number of hydrogen-bond acceptors (Lipinski definition) is 3. The van der Waals surface area contributed by atoms with E-state index < -0.39 is 23.3 Å². The first-order valence-electron chi connectivity index (χ1n) is 6.69. The summed E-state index contributed by atoms with van der Waals surface area (Å²) in [4.78, 5) is 0. The van der Waals surface area contributed by atoms with Crippen LogP contribution < -0.4 is 5.32 Å². The smallest absolute Gasteiger partial charge is 0.128 e. The number of aryl methyl sites for hydroxylation is 1. The van der Waals surface area contributed by atoms with Crippen LogP contribution in [0.3, 0.4) is 0 Å². The maximum atomic E-state index is 13.7. The molecule has 0 amide bonds. The Hall–Kier alpha value is -1.79. The first kappa shape index (κ1) is 15.6. The van der Waals surface area contributed by atoms with E-state index >= 15 is 0 Å². The highest BCUT2D eigenvalue weighted by Gasteiger charge is 2.25. The van der Waals surface area contributed by atoms with E-state index in [1.807, 2.05) is 0 Å². The van der Waals surface area contributed by atoms with Gasteiger partial charge >= 0.3 is 0 Å². The van der Waals surface area contributed by atoms with Crippen molar-refractivity contribution in [2.24, 2.45) is 7.05 Å². The van der Waals surface area contributed by atoms with Gasteiger partial charge in [-0.25, -0.2) is 8.78 Å². The SMILES string of the molecule is CC(NCC(C)(O)c1cnn(C)c1)c1cc(F)ccc1F. The van der Waals surface area contributed by atoms with Crippen LogP contribution in [0.25, 0.3) is 0 Å². The third kappa shape index (κ3) is 3.65. The summed E-state index contributed by atoms with van der Waals surface area (Å²) >= 11 is 0. The van der Waals surface area contributed by atoms with Crippen molar-refractivity contribution in [3.63, 3.8) is 0 Å². The molecule has 2 atom stereocenters. The van der Waals surface area contributed by atoms with Gasteiger partial charge in [0.05, 0.1) is 6.20 Å². The van der Waals surface area contributed by atoms with Crippen molar-refractivity contribution in [1.29, 1.82) is 0 Å². The second-order valence-corrected chi connectivity index (χ2v) is 5.44. The van der Waals surface area contributed by atoms with Gasteiger partial charge in [-0.1, -0.05) is 0 Å². The van der Waals surface area contributed by atoms with Gasteiger partial charge in [-0.3, -0.25) is 4.68 Å². The van der Waals surface area contributed by atoms with E-state index in [0.29, 0.717) is 5.56 Å². The van der Waals surface area contributed by atoms with Crippen LogP contribution in [0.5, 0.6) is 0 Å². The third-order valence-electron chi connectivity index (χ3n) is 3.50. The van der Waals surface area contributed by atoms with Gasteiger partial charge in [0.2, 0.25) is 0 Å². The predicted octanol–water partition coefficient (Wildman–Crippen LogP) is 2.26. The van der Waals surface area contributed by atoms with Crippen LogP contribution in [0.1, 0.15) is 31.0 Å². The molecule has 6 heteroatoms. The Kier molecular flexibility index (Phi) is 4.39. The molecule has 0 saturated heterocycles. The molecule has 0 aliphatic heterocycles. The average Bonchev–Trinajstić information content (AvgIpc) is 2.86. The van der Waals surface area contributed by atoms with E-state index in [9.17, 15) is 13.9 Å². The van der Waals surface area contributed by atoms with E-state index in [1.165, 1.54) is 0 Å². The Morgan fingerprint density at radius 2 is 2.14 bits per heavy atom. The molecule has 114 valence electrons. The van der Waals surface area contributed by atoms with Gasteiger partial charge in [0.25, 0.3) is 0 Å². The van der Waals surface area contributed by atoms with Crippen molar-refractivity contribution in [1.82, 2.24) is 15.1 Å². The second kappa shape index (κ2) is 5.91. The first-order chi connectivity index (χ1) is 9.79. The molecule has 0 spiro atoms. The maximum absolute atomic E-state index is 13.7. The molecule has 1 heterocycles. The number of nitrogens with zero attached hydrogens (tertiary/aromatic N) is 2. The molecule has 0 aliphatic rings. The Balaban J connectivity index is 2.06. The Bertz CT molecular complexity index is 625. The summed E-state index contributed by atoms with van der Waals surface area (Å²) in [5.41, 5.74) is -0.256. The Labute approximate surface area is 122 Å². The highest BCUT2D eigenvalue weighted by molar-refractivity contribution is 5.22. The standard InChI is InChI=1S/C15H19F2N3O/c1-10(13-6-12(16)4-5-14(13)17)18-9-15(2,21)11-7-19-20(3)8-11/h4-8,10,18,21H,9H2,1-3H3. The van der Waals surface area contributed by atoms with Crippen LogP contribution in [-0.4, -0.2) is 21.4 Å². The molecule has 1 aromatic heterocycles. The molecule has 0 radical (unpaired) electrons. The van der Waals surface area contributed by atoms with Gasteiger partial charge in [-0.2, -0.15) is 5.10 Å². The fraction of sp³-hybridized carbons (Fsp3) is 0.400. The van der Waals surface area contributed by atoms with Gasteiger partial charge < -0.3 is 10.4 Å². The molecule has 21 heavy (non-hydrogen) atoms. The van der Waals surface area contributed by atoms with Gasteiger partial charge in [0, 0.05) is 37.0 Å². The Morgan fingerprint density at radius 1 is 1.43 bits per heavy atom. The van der Waals surface area contributed by atoms with Gasteiger partial charge in [0.15, 0.2) is 0 Å². The molecule has 0 saturated carbocycles. The summed E-state index contributed by atoms with van der Waals surface area (Å²) in [7, 11) is 1.76. The molecule has 2 rings (SSSR count). The molecule has 1 aromatic carbocycles. The number of rotatable bonds is 5. The van der Waals surface area contributed by atoms with Crippen molar-refractivity contribution < 1.29 is 13.9 Å². The summed E-state index contributed by atoms with van der Waals surface area (Å²) in [6, 6.07) is 2.91. The van der Waals surface area contributed by atoms with Crippen LogP contribution >= 0.6 is 0 Å². The predicted molar refractivity (Wildman–Crippen MR) is 75.6 cm³/mol. The van der Waals surface area contributed by atoms with Crippen LogP contribution in [0.15, 0.2) is 30.6 Å². The monoisotopic (exact) mass is 295 g/mol. The van der Waals surface area contributed by atoms with Crippen molar-refractivity contribution in [3.8, 4) is 0 Å². The number of nitrogens with one attached hydrogen (secondary N) is 1. The highest BCUT2D eigenvalue weighted by Crippen LogP contribution is 2.22. The fourth-order valence-electron chi connectivity index (χ4n) is 2.11. The zero-order valence-corrected chi connectivity index (χ0v) is 12.3. The van der Waals surface area contributed by atoms with E-state index in [4.69, 9.17) is 0 Å². The molecular weight excluding hydrogens is 276 g/mol. The van der Waals surface area contributed by atoms with E-state index in [0.717, 1.165) is 18.2 Å². The van der Waals surface area contributed by atoms with Crippen LogP contribution in [0.2, 0.25) is 0 Å². The minimum absolute atomic E-state index is 0.190. The fourth-order valence-corrected chi connectivity index (χ4v) is 2.11. The van der Waals surface area contributed by atoms with E-state index in [2.05, 4.69) is 10.4 Å². The normalized spacial score (nSPS) is 15.7. The van der Waals surface area contributed by atoms with Crippen molar-refractivity contribution in [2.75, 3.05) is 6.54 Å². The molecule has 0 bridgehead atoms. The average molecular weight is 295 g/mol. The van der Waals surface area contributed by atoms with E-state index in [-0.39, 0.29) is 12.1 Å². The van der Waals surface area contributed by atoms with Gasteiger partial charge in [0.1, 0.15) is 17.2 Å². The summed E-state index contributed by atoms with van der Waals surface area (Å²) in [5.74, 6) is -0.962. The summed E-state index contributed by atoms with van der Waals surface area (Å²) in [6.07, 6.45) is 3.30.